The van der Waals surface area contributed by atoms with E-state index in [9.17, 15) is 4.39 Å². The molecule has 1 saturated carbocycles. The van der Waals surface area contributed by atoms with Gasteiger partial charge in [-0.15, -0.1) is 0 Å². The number of hydrogen-bond donors (Lipinski definition) is 1. The first kappa shape index (κ1) is 12.4. The minimum atomic E-state index is -0.184. The van der Waals surface area contributed by atoms with Crippen LogP contribution in [0.4, 0.5) is 10.1 Å². The van der Waals surface area contributed by atoms with Gasteiger partial charge in [-0.05, 0) is 50.8 Å². The van der Waals surface area contributed by atoms with Gasteiger partial charge < -0.3 is 10.6 Å². The second-order valence-electron chi connectivity index (χ2n) is 5.06. The van der Waals surface area contributed by atoms with Crippen LogP contribution in [0.2, 0.25) is 0 Å². The highest BCUT2D eigenvalue weighted by molar-refractivity contribution is 5.50. The number of anilines is 1. The molecule has 2 N–H and O–H groups in total. The topological polar surface area (TPSA) is 29.3 Å². The molecular weight excluding hydrogens is 215 g/mol. The molecule has 2 nitrogen and oxygen atoms in total. The second-order valence-corrected chi connectivity index (χ2v) is 5.06. The van der Waals surface area contributed by atoms with Crippen molar-refractivity contribution in [2.24, 2.45) is 11.7 Å². The Bertz CT molecular complexity index is 390. The number of rotatable bonds is 5. The van der Waals surface area contributed by atoms with Crippen molar-refractivity contribution in [3.05, 3.63) is 30.1 Å². The molecule has 0 saturated heterocycles. The Morgan fingerprint density at radius 1 is 1.47 bits per heavy atom. The van der Waals surface area contributed by atoms with Gasteiger partial charge in [0, 0.05) is 18.8 Å². The molecule has 2 rings (SSSR count). The fourth-order valence-electron chi connectivity index (χ4n) is 2.69. The quantitative estimate of drug-likeness (QED) is 0.851. The summed E-state index contributed by atoms with van der Waals surface area (Å²) in [4.78, 5) is 2.24. The van der Waals surface area contributed by atoms with Crippen molar-refractivity contribution in [2.75, 3.05) is 18.0 Å². The predicted octanol–water partition coefficient (Wildman–Crippen LogP) is 2.78. The molecule has 0 heterocycles. The fraction of sp³-hybridized carbons (Fsp3) is 0.571. The smallest absolute Gasteiger partial charge is 0.125 e. The number of likely N-dealkylation sites (N-methyl/N-ethyl adjacent to an activating group) is 1. The normalized spacial score (nSPS) is 18.8. The lowest BCUT2D eigenvalue weighted by atomic mass is 9.92. The lowest BCUT2D eigenvalue weighted by Crippen LogP contribution is -2.53. The number of halogens is 1. The van der Waals surface area contributed by atoms with E-state index in [1.165, 1.54) is 18.9 Å². The standard InChI is InChI=1S/C14H21FN2/c1-3-17(13-6-4-5-12(15)9-13)14(2,10-16)11-7-8-11/h4-6,9,11H,3,7-8,10,16H2,1-2H3. The first-order chi connectivity index (χ1) is 8.11. The van der Waals surface area contributed by atoms with Crippen LogP contribution in [0.1, 0.15) is 26.7 Å². The number of hydrogen-bond acceptors (Lipinski definition) is 2. The maximum absolute atomic E-state index is 13.3. The molecular formula is C14H21FN2. The predicted molar refractivity (Wildman–Crippen MR) is 69.6 cm³/mol. The van der Waals surface area contributed by atoms with E-state index in [0.717, 1.165) is 12.2 Å². The highest BCUT2D eigenvalue weighted by atomic mass is 19.1. The largest absolute Gasteiger partial charge is 0.365 e. The van der Waals surface area contributed by atoms with Gasteiger partial charge in [0.2, 0.25) is 0 Å². The molecule has 1 aromatic rings. The Labute approximate surface area is 103 Å². The summed E-state index contributed by atoms with van der Waals surface area (Å²) in [6.07, 6.45) is 2.47. The third-order valence-electron chi connectivity index (χ3n) is 3.92. The molecule has 1 aliphatic rings. The molecule has 0 amide bonds. The monoisotopic (exact) mass is 236 g/mol. The lowest BCUT2D eigenvalue weighted by Gasteiger charge is -2.42. The minimum Gasteiger partial charge on any atom is -0.365 e. The van der Waals surface area contributed by atoms with Gasteiger partial charge in [0.05, 0.1) is 5.54 Å². The van der Waals surface area contributed by atoms with E-state index in [1.807, 2.05) is 6.07 Å². The fourth-order valence-corrected chi connectivity index (χ4v) is 2.69. The Balaban J connectivity index is 2.31. The number of nitrogens with two attached hydrogens (primary N) is 1. The summed E-state index contributed by atoms with van der Waals surface area (Å²) in [5.41, 5.74) is 6.86. The Kier molecular flexibility index (Phi) is 3.38. The van der Waals surface area contributed by atoms with Crippen LogP contribution in [0.3, 0.4) is 0 Å². The number of benzene rings is 1. The zero-order valence-corrected chi connectivity index (χ0v) is 10.6. The summed E-state index contributed by atoms with van der Waals surface area (Å²) in [7, 11) is 0. The molecule has 3 heteroatoms. The highest BCUT2D eigenvalue weighted by Crippen LogP contribution is 2.44. The summed E-state index contributed by atoms with van der Waals surface area (Å²) in [6.45, 7) is 5.76. The zero-order chi connectivity index (χ0) is 12.5. The molecule has 0 spiro atoms. The molecule has 1 aliphatic carbocycles. The molecule has 17 heavy (non-hydrogen) atoms. The van der Waals surface area contributed by atoms with Crippen LogP contribution in [0, 0.1) is 11.7 Å². The van der Waals surface area contributed by atoms with Gasteiger partial charge >= 0.3 is 0 Å². The molecule has 0 radical (unpaired) electrons. The van der Waals surface area contributed by atoms with Crippen LogP contribution in [0.25, 0.3) is 0 Å². The average Bonchev–Trinajstić information content (AvgIpc) is 3.14. The third kappa shape index (κ3) is 2.29. The summed E-state index contributed by atoms with van der Waals surface area (Å²) in [6, 6.07) is 6.80. The average molecular weight is 236 g/mol. The summed E-state index contributed by atoms with van der Waals surface area (Å²) in [5, 5.41) is 0. The van der Waals surface area contributed by atoms with E-state index < -0.39 is 0 Å². The van der Waals surface area contributed by atoms with Crippen molar-refractivity contribution in [1.82, 2.24) is 0 Å². The molecule has 0 aromatic heterocycles. The molecule has 94 valence electrons. The Morgan fingerprint density at radius 3 is 2.65 bits per heavy atom. The maximum Gasteiger partial charge on any atom is 0.125 e. The maximum atomic E-state index is 13.3. The van der Waals surface area contributed by atoms with Crippen molar-refractivity contribution in [3.8, 4) is 0 Å². The second kappa shape index (κ2) is 4.65. The first-order valence-corrected chi connectivity index (χ1v) is 6.35. The summed E-state index contributed by atoms with van der Waals surface area (Å²) in [5.74, 6) is 0.465. The van der Waals surface area contributed by atoms with Crippen molar-refractivity contribution in [2.45, 2.75) is 32.2 Å². The highest BCUT2D eigenvalue weighted by Gasteiger charge is 2.44. The summed E-state index contributed by atoms with van der Waals surface area (Å²) < 4.78 is 13.3. The first-order valence-electron chi connectivity index (χ1n) is 6.35. The molecule has 0 aliphatic heterocycles. The van der Waals surface area contributed by atoms with Crippen molar-refractivity contribution >= 4 is 5.69 Å². The Morgan fingerprint density at radius 2 is 2.18 bits per heavy atom. The molecule has 1 unspecified atom stereocenters. The van der Waals surface area contributed by atoms with Gasteiger partial charge in [0.25, 0.3) is 0 Å². The van der Waals surface area contributed by atoms with E-state index in [-0.39, 0.29) is 11.4 Å². The van der Waals surface area contributed by atoms with Gasteiger partial charge in [-0.25, -0.2) is 4.39 Å². The van der Waals surface area contributed by atoms with E-state index in [4.69, 9.17) is 5.73 Å². The van der Waals surface area contributed by atoms with Gasteiger partial charge in [-0.3, -0.25) is 0 Å². The third-order valence-corrected chi connectivity index (χ3v) is 3.92. The molecule has 1 fully saturated rings. The van der Waals surface area contributed by atoms with Crippen LogP contribution in [-0.4, -0.2) is 18.6 Å². The van der Waals surface area contributed by atoms with Crippen LogP contribution < -0.4 is 10.6 Å². The molecule has 1 aromatic carbocycles. The van der Waals surface area contributed by atoms with Crippen molar-refractivity contribution in [1.29, 1.82) is 0 Å². The van der Waals surface area contributed by atoms with E-state index in [1.54, 1.807) is 12.1 Å². The van der Waals surface area contributed by atoms with Crippen LogP contribution in [0.5, 0.6) is 0 Å². The Hall–Kier alpha value is -1.09. The number of nitrogens with zero attached hydrogens (tertiary/aromatic N) is 1. The van der Waals surface area contributed by atoms with Crippen LogP contribution >= 0.6 is 0 Å². The SMILES string of the molecule is CCN(c1cccc(F)c1)C(C)(CN)C1CC1. The van der Waals surface area contributed by atoms with Crippen LogP contribution in [0.15, 0.2) is 24.3 Å². The van der Waals surface area contributed by atoms with Crippen molar-refractivity contribution in [3.63, 3.8) is 0 Å². The van der Waals surface area contributed by atoms with E-state index >= 15 is 0 Å². The van der Waals surface area contributed by atoms with Gasteiger partial charge in [0.1, 0.15) is 5.82 Å². The van der Waals surface area contributed by atoms with Crippen molar-refractivity contribution < 1.29 is 4.39 Å². The van der Waals surface area contributed by atoms with E-state index in [0.29, 0.717) is 12.5 Å². The van der Waals surface area contributed by atoms with E-state index in [2.05, 4.69) is 18.7 Å². The van der Waals surface area contributed by atoms with Crippen LogP contribution in [-0.2, 0) is 0 Å². The van der Waals surface area contributed by atoms with Gasteiger partial charge in [0.15, 0.2) is 0 Å². The zero-order valence-electron chi connectivity index (χ0n) is 10.6. The minimum absolute atomic E-state index is 0.0391. The molecule has 0 bridgehead atoms. The van der Waals surface area contributed by atoms with Gasteiger partial charge in [-0.1, -0.05) is 6.07 Å². The summed E-state index contributed by atoms with van der Waals surface area (Å²) >= 11 is 0. The lowest BCUT2D eigenvalue weighted by molar-refractivity contribution is 0.382. The van der Waals surface area contributed by atoms with Gasteiger partial charge in [-0.2, -0.15) is 0 Å². The molecule has 1 atom stereocenters.